The molecule has 0 spiro atoms. The van der Waals surface area contributed by atoms with Gasteiger partial charge >= 0.3 is 0 Å². The van der Waals surface area contributed by atoms with Crippen molar-refractivity contribution in [2.75, 3.05) is 0 Å². The van der Waals surface area contributed by atoms with Gasteiger partial charge in [0, 0.05) is 11.1 Å². The third kappa shape index (κ3) is 3.74. The molecule has 20 heavy (non-hydrogen) atoms. The number of aromatic amines is 1. The van der Waals surface area contributed by atoms with E-state index in [0.29, 0.717) is 32.7 Å². The molecule has 0 saturated heterocycles. The minimum atomic E-state index is -0.179. The molecule has 0 amide bonds. The Morgan fingerprint density at radius 1 is 1.55 bits per heavy atom. The lowest BCUT2D eigenvalue weighted by Crippen LogP contribution is -2.14. The quantitative estimate of drug-likeness (QED) is 0.674. The minimum absolute atomic E-state index is 0.143. The van der Waals surface area contributed by atoms with Gasteiger partial charge in [-0.25, -0.2) is 4.98 Å². The Morgan fingerprint density at radius 2 is 2.30 bits per heavy atom. The van der Waals surface area contributed by atoms with E-state index in [1.165, 1.54) is 11.8 Å². The zero-order chi connectivity index (χ0) is 14.7. The fraction of sp³-hybridized carbons (Fsp3) is 0.308. The molecule has 1 heterocycles. The Hall–Kier alpha value is -1.53. The zero-order valence-electron chi connectivity index (χ0n) is 11.2. The number of benzene rings is 1. The molecule has 0 aliphatic carbocycles. The summed E-state index contributed by atoms with van der Waals surface area (Å²) in [4.78, 5) is 23.2. The fourth-order valence-electron chi connectivity index (χ4n) is 1.66. The first kappa shape index (κ1) is 14.9. The van der Waals surface area contributed by atoms with Crippen LogP contribution in [0.2, 0.25) is 5.02 Å². The van der Waals surface area contributed by atoms with Crippen molar-refractivity contribution in [3.05, 3.63) is 39.4 Å². The first-order valence-electron chi connectivity index (χ1n) is 6.10. The second kappa shape index (κ2) is 6.28. The summed E-state index contributed by atoms with van der Waals surface area (Å²) in [6, 6.07) is 5.15. The molecule has 0 radical (unpaired) electrons. The summed E-state index contributed by atoms with van der Waals surface area (Å²) in [6.45, 7) is 3.90. The number of hydrogen-bond acceptors (Lipinski definition) is 4. The number of nitrogens with one attached hydrogen (secondary N) is 1. The Balaban J connectivity index is 2.25. The number of fused-ring (bicyclic) bond motifs is 1. The van der Waals surface area contributed by atoms with Gasteiger partial charge in [-0.1, -0.05) is 23.4 Å². The smallest absolute Gasteiger partial charge is 0.258 e. The monoisotopic (exact) mass is 310 g/mol. The third-order valence-corrected chi connectivity index (χ3v) is 3.51. The van der Waals surface area contributed by atoms with Gasteiger partial charge in [0.15, 0.2) is 5.17 Å². The van der Waals surface area contributed by atoms with E-state index in [1.807, 2.05) is 13.8 Å². The maximum atomic E-state index is 11.9. The van der Waals surface area contributed by atoms with Crippen molar-refractivity contribution in [1.29, 1.82) is 0 Å². The van der Waals surface area contributed by atoms with Crippen LogP contribution in [0.15, 0.2) is 28.0 Å². The van der Waals surface area contributed by atoms with Gasteiger partial charge in [-0.2, -0.15) is 0 Å². The highest BCUT2D eigenvalue weighted by Gasteiger charge is 2.06. The number of nitrogens with zero attached hydrogens (tertiary/aromatic N) is 2. The molecule has 1 aromatic heterocycles. The number of amidine groups is 1. The Kier molecular flexibility index (Phi) is 4.67. The lowest BCUT2D eigenvalue weighted by Gasteiger charge is -2.04. The summed E-state index contributed by atoms with van der Waals surface area (Å²) in [5.41, 5.74) is 6.17. The number of rotatable bonds is 3. The molecule has 0 bridgehead atoms. The number of thioether (sulfide) groups is 1. The second-order valence-corrected chi connectivity index (χ2v) is 5.96. The standard InChI is InChI=1S/C13H15ClN4OS/c1-7(2)16-13(15)20-6-11-17-10-5-8(14)3-4-9(10)12(19)18-11/h3-5,7H,6H2,1-2H3,(H2,15,16)(H,17,18,19). The molecule has 2 rings (SSSR count). The second-order valence-electron chi connectivity index (χ2n) is 4.52. The molecular weight excluding hydrogens is 296 g/mol. The normalized spacial score (nSPS) is 12.3. The van der Waals surface area contributed by atoms with Crippen LogP contribution in [0.1, 0.15) is 19.7 Å². The van der Waals surface area contributed by atoms with E-state index in [9.17, 15) is 4.79 Å². The first-order valence-corrected chi connectivity index (χ1v) is 7.46. The summed E-state index contributed by atoms with van der Waals surface area (Å²) in [7, 11) is 0. The van der Waals surface area contributed by atoms with Crippen LogP contribution < -0.4 is 11.3 Å². The van der Waals surface area contributed by atoms with Gasteiger partial charge in [0.2, 0.25) is 0 Å². The van der Waals surface area contributed by atoms with Crippen molar-refractivity contribution in [2.45, 2.75) is 25.6 Å². The fourth-order valence-corrected chi connectivity index (χ4v) is 2.54. The molecule has 3 N–H and O–H groups in total. The molecule has 7 heteroatoms. The van der Waals surface area contributed by atoms with E-state index in [0.717, 1.165) is 0 Å². The average molecular weight is 311 g/mol. The van der Waals surface area contributed by atoms with Crippen molar-refractivity contribution in [2.24, 2.45) is 10.7 Å². The van der Waals surface area contributed by atoms with Crippen LogP contribution >= 0.6 is 23.4 Å². The number of aliphatic imine (C=N–C) groups is 1. The lowest BCUT2D eigenvalue weighted by molar-refractivity contribution is 0.838. The van der Waals surface area contributed by atoms with Crippen LogP contribution in [0.3, 0.4) is 0 Å². The Labute approximate surface area is 125 Å². The van der Waals surface area contributed by atoms with Gasteiger partial charge in [-0.15, -0.1) is 0 Å². The predicted octanol–water partition coefficient (Wildman–Crippen LogP) is 2.53. The number of aromatic nitrogens is 2. The molecule has 0 saturated carbocycles. The van der Waals surface area contributed by atoms with E-state index in [2.05, 4.69) is 15.0 Å². The van der Waals surface area contributed by atoms with E-state index >= 15 is 0 Å². The van der Waals surface area contributed by atoms with Crippen LogP contribution in [-0.2, 0) is 5.75 Å². The highest BCUT2D eigenvalue weighted by atomic mass is 35.5. The number of nitrogens with two attached hydrogens (primary N) is 1. The van der Waals surface area contributed by atoms with Gasteiger partial charge in [-0.05, 0) is 32.0 Å². The summed E-state index contributed by atoms with van der Waals surface area (Å²) < 4.78 is 0. The SMILES string of the molecule is CC(C)N=C(N)SCc1nc2cc(Cl)ccc2c(=O)[nH]1. The van der Waals surface area contributed by atoms with Crippen LogP contribution in [0.5, 0.6) is 0 Å². The summed E-state index contributed by atoms with van der Waals surface area (Å²) in [6.07, 6.45) is 0. The number of hydrogen-bond donors (Lipinski definition) is 2. The van der Waals surface area contributed by atoms with Gasteiger partial charge < -0.3 is 10.7 Å². The molecule has 0 unspecified atom stereocenters. The molecule has 2 aromatic rings. The van der Waals surface area contributed by atoms with Crippen molar-refractivity contribution in [3.63, 3.8) is 0 Å². The molecule has 0 fully saturated rings. The molecule has 0 aliphatic heterocycles. The van der Waals surface area contributed by atoms with Crippen LogP contribution in [0.25, 0.3) is 10.9 Å². The van der Waals surface area contributed by atoms with Gasteiger partial charge in [0.05, 0.1) is 16.7 Å². The highest BCUT2D eigenvalue weighted by Crippen LogP contribution is 2.16. The van der Waals surface area contributed by atoms with E-state index < -0.39 is 0 Å². The van der Waals surface area contributed by atoms with Gasteiger partial charge in [0.1, 0.15) is 5.82 Å². The molecule has 5 nitrogen and oxygen atoms in total. The molecule has 106 valence electrons. The van der Waals surface area contributed by atoms with Gasteiger partial charge in [0.25, 0.3) is 5.56 Å². The highest BCUT2D eigenvalue weighted by molar-refractivity contribution is 8.13. The summed E-state index contributed by atoms with van der Waals surface area (Å²) in [5.74, 6) is 1.01. The largest absolute Gasteiger partial charge is 0.379 e. The van der Waals surface area contributed by atoms with Crippen molar-refractivity contribution in [1.82, 2.24) is 9.97 Å². The van der Waals surface area contributed by atoms with Crippen LogP contribution in [-0.4, -0.2) is 21.2 Å². The van der Waals surface area contributed by atoms with Crippen molar-refractivity contribution < 1.29 is 0 Å². The van der Waals surface area contributed by atoms with E-state index in [1.54, 1.807) is 18.2 Å². The van der Waals surface area contributed by atoms with E-state index in [-0.39, 0.29) is 11.6 Å². The Morgan fingerprint density at radius 3 is 3.00 bits per heavy atom. The average Bonchev–Trinajstić information content (AvgIpc) is 2.35. The van der Waals surface area contributed by atoms with Gasteiger partial charge in [-0.3, -0.25) is 9.79 Å². The topological polar surface area (TPSA) is 84.1 Å². The predicted molar refractivity (Wildman–Crippen MR) is 85.4 cm³/mol. The molecular formula is C13H15ClN4OS. The number of H-pyrrole nitrogens is 1. The maximum Gasteiger partial charge on any atom is 0.258 e. The molecule has 0 atom stereocenters. The van der Waals surface area contributed by atoms with Crippen LogP contribution in [0, 0.1) is 0 Å². The molecule has 0 aliphatic rings. The first-order chi connectivity index (χ1) is 9.45. The van der Waals surface area contributed by atoms with Crippen LogP contribution in [0.4, 0.5) is 0 Å². The summed E-state index contributed by atoms with van der Waals surface area (Å²) >= 11 is 7.25. The third-order valence-electron chi connectivity index (χ3n) is 2.46. The lowest BCUT2D eigenvalue weighted by atomic mass is 10.2. The zero-order valence-corrected chi connectivity index (χ0v) is 12.8. The van der Waals surface area contributed by atoms with Crippen molar-refractivity contribution in [3.8, 4) is 0 Å². The number of halogens is 1. The minimum Gasteiger partial charge on any atom is -0.379 e. The summed E-state index contributed by atoms with van der Waals surface area (Å²) in [5, 5.41) is 1.55. The maximum absolute atomic E-state index is 11.9. The molecule has 1 aromatic carbocycles. The Bertz CT molecular complexity index is 711. The van der Waals surface area contributed by atoms with E-state index in [4.69, 9.17) is 17.3 Å². The van der Waals surface area contributed by atoms with Crippen molar-refractivity contribution >= 4 is 39.4 Å².